The Balaban J connectivity index is 1.59. The van der Waals surface area contributed by atoms with Crippen molar-refractivity contribution in [3.8, 4) is 22.9 Å². The molecule has 3 aromatic heterocycles. The predicted molar refractivity (Wildman–Crippen MR) is 124 cm³/mol. The summed E-state index contributed by atoms with van der Waals surface area (Å²) in [5.74, 6) is 0.159. The number of ether oxygens (including phenoxy) is 2. The van der Waals surface area contributed by atoms with E-state index in [0.29, 0.717) is 17.7 Å². The third-order valence-electron chi connectivity index (χ3n) is 5.47. The van der Waals surface area contributed by atoms with Crippen LogP contribution in [0, 0.1) is 6.92 Å². The van der Waals surface area contributed by atoms with Gasteiger partial charge in [0.2, 0.25) is 5.65 Å². The molecule has 0 saturated carbocycles. The minimum absolute atomic E-state index is 0.00480. The van der Waals surface area contributed by atoms with Crippen LogP contribution in [0.3, 0.4) is 0 Å². The first kappa shape index (κ1) is 26.1. The molecule has 0 aliphatic heterocycles. The zero-order chi connectivity index (χ0) is 26.6. The number of carbonyl (C=O) groups is 1. The molecular formula is C24H24F3N5O5. The smallest absolute Gasteiger partial charge is 0.436 e. The number of amides is 1. The molecule has 0 fully saturated rings. The maximum Gasteiger partial charge on any atom is 0.437 e. The zero-order valence-electron chi connectivity index (χ0n) is 20.0. The van der Waals surface area contributed by atoms with Crippen LogP contribution >= 0.6 is 0 Å². The van der Waals surface area contributed by atoms with Crippen molar-refractivity contribution in [3.63, 3.8) is 0 Å². The van der Waals surface area contributed by atoms with E-state index in [0.717, 1.165) is 5.56 Å². The van der Waals surface area contributed by atoms with Crippen LogP contribution < -0.4 is 10.1 Å². The fourth-order valence-electron chi connectivity index (χ4n) is 3.78. The Bertz CT molecular complexity index is 1400. The molecule has 2 N–H and O–H groups in total. The average molecular weight is 519 g/mol. The summed E-state index contributed by atoms with van der Waals surface area (Å²) in [6.07, 6.45) is -0.0507. The van der Waals surface area contributed by atoms with Gasteiger partial charge in [-0.3, -0.25) is 9.20 Å². The Labute approximate surface area is 209 Å². The number of imidazole rings is 1. The molecule has 0 aliphatic carbocycles. The van der Waals surface area contributed by atoms with E-state index in [1.165, 1.54) is 29.9 Å². The summed E-state index contributed by atoms with van der Waals surface area (Å²) in [4.78, 5) is 21.0. The van der Waals surface area contributed by atoms with E-state index >= 15 is 0 Å². The van der Waals surface area contributed by atoms with Gasteiger partial charge in [-0.1, -0.05) is 12.1 Å². The Morgan fingerprint density at radius 2 is 2.05 bits per heavy atom. The van der Waals surface area contributed by atoms with Gasteiger partial charge in [-0.05, 0) is 37.1 Å². The number of aromatic nitrogens is 4. The molecule has 4 aromatic rings. The second-order valence-electron chi connectivity index (χ2n) is 7.90. The van der Waals surface area contributed by atoms with E-state index in [1.54, 1.807) is 18.2 Å². The van der Waals surface area contributed by atoms with Crippen LogP contribution in [0.15, 0.2) is 41.3 Å². The highest BCUT2D eigenvalue weighted by molar-refractivity contribution is 5.95. The number of halogens is 3. The lowest BCUT2D eigenvalue weighted by Gasteiger charge is -2.12. The first-order valence-electron chi connectivity index (χ1n) is 11.4. The van der Waals surface area contributed by atoms with Crippen LogP contribution in [0.4, 0.5) is 13.2 Å². The first-order chi connectivity index (χ1) is 17.7. The Hall–Kier alpha value is -3.97. The lowest BCUT2D eigenvalue weighted by molar-refractivity contribution is -0.142. The first-order valence-corrected chi connectivity index (χ1v) is 11.4. The van der Waals surface area contributed by atoms with Crippen molar-refractivity contribution in [3.05, 3.63) is 59.4 Å². The third-order valence-corrected chi connectivity index (χ3v) is 5.47. The van der Waals surface area contributed by atoms with Gasteiger partial charge in [0.15, 0.2) is 5.69 Å². The van der Waals surface area contributed by atoms with E-state index in [4.69, 9.17) is 19.1 Å². The number of alkyl halides is 3. The van der Waals surface area contributed by atoms with Crippen molar-refractivity contribution in [2.45, 2.75) is 26.4 Å². The van der Waals surface area contributed by atoms with E-state index in [2.05, 4.69) is 20.4 Å². The number of hydrogen-bond acceptors (Lipinski definition) is 8. The zero-order valence-corrected chi connectivity index (χ0v) is 20.0. The minimum Gasteiger partial charge on any atom is -0.436 e. The van der Waals surface area contributed by atoms with E-state index in [-0.39, 0.29) is 60.8 Å². The molecule has 13 heteroatoms. The number of fused-ring (bicyclic) bond motifs is 1. The quantitative estimate of drug-likeness (QED) is 0.303. The highest BCUT2D eigenvalue weighted by Crippen LogP contribution is 2.39. The molecule has 0 bridgehead atoms. The molecule has 3 heterocycles. The summed E-state index contributed by atoms with van der Waals surface area (Å²) in [6, 6.07) is 4.90. The molecular weight excluding hydrogens is 495 g/mol. The third kappa shape index (κ3) is 5.57. The molecule has 0 unspecified atom stereocenters. The van der Waals surface area contributed by atoms with Gasteiger partial charge in [0.25, 0.3) is 11.8 Å². The number of nitrogens with zero attached hydrogens (tertiary/aromatic N) is 4. The number of hydrogen-bond donors (Lipinski definition) is 2. The highest BCUT2D eigenvalue weighted by Gasteiger charge is 2.40. The molecule has 1 aromatic carbocycles. The molecule has 4 rings (SSSR count). The topological polar surface area (TPSA) is 124 Å². The standard InChI is InChI=1S/C24H24F3N5O5/c1-3-15-12-16(4-5-17(15)22(34)28-7-10-35-11-9-33)36-23-21-30-13-18(32(21)8-6-29-23)19-14(2)37-31-20(19)24(25,26)27/h4-6,8,12-13,33H,3,7,9-11H2,1-2H3,(H,28,34). The summed E-state index contributed by atoms with van der Waals surface area (Å²) in [5, 5.41) is 14.7. The molecule has 0 radical (unpaired) electrons. The maximum absolute atomic E-state index is 13.5. The maximum atomic E-state index is 13.5. The number of nitrogens with one attached hydrogen (secondary N) is 1. The van der Waals surface area contributed by atoms with Crippen LogP contribution in [0.2, 0.25) is 0 Å². The number of rotatable bonds is 10. The van der Waals surface area contributed by atoms with Gasteiger partial charge in [0.1, 0.15) is 11.5 Å². The summed E-state index contributed by atoms with van der Waals surface area (Å²) in [6.45, 7) is 3.95. The van der Waals surface area contributed by atoms with Crippen molar-refractivity contribution < 1.29 is 37.1 Å². The highest BCUT2D eigenvalue weighted by atomic mass is 19.4. The van der Waals surface area contributed by atoms with E-state index < -0.39 is 11.9 Å². The molecule has 0 spiro atoms. The van der Waals surface area contributed by atoms with Crippen molar-refractivity contribution >= 4 is 11.6 Å². The fraction of sp³-hybridized carbons (Fsp3) is 0.333. The monoisotopic (exact) mass is 519 g/mol. The second-order valence-corrected chi connectivity index (χ2v) is 7.90. The van der Waals surface area contributed by atoms with Crippen LogP contribution in [-0.4, -0.2) is 56.9 Å². The van der Waals surface area contributed by atoms with Crippen molar-refractivity contribution in [2.75, 3.05) is 26.4 Å². The largest absolute Gasteiger partial charge is 0.437 e. The SMILES string of the molecule is CCc1cc(Oc2nccn3c(-c4c(C(F)(F)F)noc4C)cnc23)ccc1C(=O)NCCOCCO. The van der Waals surface area contributed by atoms with Crippen LogP contribution in [0.1, 0.15) is 34.3 Å². The number of carbonyl (C=O) groups excluding carboxylic acids is 1. The lowest BCUT2D eigenvalue weighted by atomic mass is 10.0. The van der Waals surface area contributed by atoms with Crippen LogP contribution in [0.5, 0.6) is 11.6 Å². The van der Waals surface area contributed by atoms with Gasteiger partial charge in [0, 0.05) is 24.5 Å². The van der Waals surface area contributed by atoms with E-state index in [9.17, 15) is 18.0 Å². The molecule has 196 valence electrons. The number of aliphatic hydroxyl groups is 1. The molecule has 1 amide bonds. The van der Waals surface area contributed by atoms with Crippen molar-refractivity contribution in [2.24, 2.45) is 0 Å². The van der Waals surface area contributed by atoms with Gasteiger partial charge < -0.3 is 24.4 Å². The van der Waals surface area contributed by atoms with Crippen molar-refractivity contribution in [1.82, 2.24) is 24.8 Å². The Morgan fingerprint density at radius 1 is 1.24 bits per heavy atom. The Kier molecular flexibility index (Phi) is 7.74. The van der Waals surface area contributed by atoms with Gasteiger partial charge in [-0.15, -0.1) is 0 Å². The molecule has 0 atom stereocenters. The molecule has 0 aliphatic rings. The van der Waals surface area contributed by atoms with Crippen molar-refractivity contribution in [1.29, 1.82) is 0 Å². The summed E-state index contributed by atoms with van der Waals surface area (Å²) in [5.41, 5.74) is 0.132. The van der Waals surface area contributed by atoms with E-state index in [1.807, 2.05) is 6.92 Å². The molecule has 37 heavy (non-hydrogen) atoms. The number of aliphatic hydroxyl groups excluding tert-OH is 1. The molecule has 10 nitrogen and oxygen atoms in total. The normalized spacial score (nSPS) is 11.7. The Morgan fingerprint density at radius 3 is 2.78 bits per heavy atom. The van der Waals surface area contributed by atoms with Crippen LogP contribution in [-0.2, 0) is 17.3 Å². The predicted octanol–water partition coefficient (Wildman–Crippen LogP) is 3.80. The van der Waals surface area contributed by atoms with Gasteiger partial charge in [0.05, 0.1) is 37.3 Å². The second kappa shape index (κ2) is 11.0. The lowest BCUT2D eigenvalue weighted by Crippen LogP contribution is -2.28. The number of benzene rings is 1. The fourth-order valence-corrected chi connectivity index (χ4v) is 3.78. The van der Waals surface area contributed by atoms with Crippen LogP contribution in [0.25, 0.3) is 16.9 Å². The summed E-state index contributed by atoms with van der Waals surface area (Å²) >= 11 is 0. The average Bonchev–Trinajstić information content (AvgIpc) is 3.47. The summed E-state index contributed by atoms with van der Waals surface area (Å²) in [7, 11) is 0. The molecule has 0 saturated heterocycles. The van der Waals surface area contributed by atoms with Gasteiger partial charge >= 0.3 is 6.18 Å². The minimum atomic E-state index is -4.71. The van der Waals surface area contributed by atoms with Gasteiger partial charge in [-0.2, -0.15) is 13.2 Å². The summed E-state index contributed by atoms with van der Waals surface area (Å²) < 4.78 is 57.7. The number of aryl methyl sites for hydroxylation is 2. The van der Waals surface area contributed by atoms with Gasteiger partial charge in [-0.25, -0.2) is 9.97 Å².